The maximum Gasteiger partial charge on any atom is 0.254 e. The summed E-state index contributed by atoms with van der Waals surface area (Å²) in [5.74, 6) is 0.888. The predicted molar refractivity (Wildman–Crippen MR) is 75.5 cm³/mol. The van der Waals surface area contributed by atoms with Crippen LogP contribution in [0.15, 0.2) is 30.6 Å². The average molecular weight is 271 g/mol. The van der Waals surface area contributed by atoms with E-state index >= 15 is 0 Å². The summed E-state index contributed by atoms with van der Waals surface area (Å²) in [5.41, 5.74) is 1.79. The maximum absolute atomic E-state index is 12.5. The molecular formula is C14H17N5O. The standard InChI is InChI=1S/C14H17N5O/c1-17(2)12-5-3-11(4-6-12)14(20)18-7-8-19-10-15-16-13(19)9-18/h3-6,10H,7-9H2,1-2H3. The normalized spacial score (nSPS) is 14.0. The Kier molecular flexibility index (Phi) is 3.14. The molecule has 2 heterocycles. The number of benzene rings is 1. The molecule has 104 valence electrons. The van der Waals surface area contributed by atoms with Gasteiger partial charge in [0.15, 0.2) is 5.82 Å². The second-order valence-electron chi connectivity index (χ2n) is 5.11. The van der Waals surface area contributed by atoms with E-state index < -0.39 is 0 Å². The van der Waals surface area contributed by atoms with Crippen molar-refractivity contribution in [1.82, 2.24) is 19.7 Å². The van der Waals surface area contributed by atoms with Gasteiger partial charge in [0, 0.05) is 38.4 Å². The third-order valence-corrected chi connectivity index (χ3v) is 3.56. The molecule has 2 aromatic rings. The Morgan fingerprint density at radius 1 is 1.20 bits per heavy atom. The first kappa shape index (κ1) is 12.7. The van der Waals surface area contributed by atoms with Crippen LogP contribution in [0.5, 0.6) is 0 Å². The van der Waals surface area contributed by atoms with E-state index in [0.29, 0.717) is 18.7 Å². The molecule has 0 unspecified atom stereocenters. The third-order valence-electron chi connectivity index (χ3n) is 3.56. The summed E-state index contributed by atoms with van der Waals surface area (Å²) >= 11 is 0. The molecule has 1 aliphatic rings. The molecule has 0 bridgehead atoms. The van der Waals surface area contributed by atoms with E-state index in [1.165, 1.54) is 0 Å². The first-order chi connectivity index (χ1) is 9.65. The Bertz CT molecular complexity index is 617. The number of hydrogen-bond acceptors (Lipinski definition) is 4. The number of anilines is 1. The number of nitrogens with zero attached hydrogens (tertiary/aromatic N) is 5. The van der Waals surface area contributed by atoms with Crippen molar-refractivity contribution in [2.24, 2.45) is 0 Å². The van der Waals surface area contributed by atoms with E-state index in [2.05, 4.69) is 10.2 Å². The molecule has 0 saturated heterocycles. The molecule has 20 heavy (non-hydrogen) atoms. The highest BCUT2D eigenvalue weighted by Crippen LogP contribution is 2.16. The van der Waals surface area contributed by atoms with Crippen LogP contribution in [0, 0.1) is 0 Å². The molecule has 1 aromatic carbocycles. The van der Waals surface area contributed by atoms with E-state index in [4.69, 9.17) is 0 Å². The van der Waals surface area contributed by atoms with E-state index in [1.807, 2.05) is 52.7 Å². The van der Waals surface area contributed by atoms with Gasteiger partial charge >= 0.3 is 0 Å². The smallest absolute Gasteiger partial charge is 0.254 e. The Hall–Kier alpha value is -2.37. The van der Waals surface area contributed by atoms with Gasteiger partial charge in [-0.1, -0.05) is 0 Å². The zero-order chi connectivity index (χ0) is 14.1. The van der Waals surface area contributed by atoms with Crippen molar-refractivity contribution in [3.8, 4) is 0 Å². The van der Waals surface area contributed by atoms with E-state index in [0.717, 1.165) is 18.1 Å². The van der Waals surface area contributed by atoms with Crippen LogP contribution in [0.1, 0.15) is 16.2 Å². The molecular weight excluding hydrogens is 254 g/mol. The van der Waals surface area contributed by atoms with Crippen molar-refractivity contribution in [3.63, 3.8) is 0 Å². The van der Waals surface area contributed by atoms with Crippen LogP contribution in [-0.2, 0) is 13.1 Å². The lowest BCUT2D eigenvalue weighted by Crippen LogP contribution is -2.38. The van der Waals surface area contributed by atoms with Gasteiger partial charge in [-0.05, 0) is 24.3 Å². The van der Waals surface area contributed by atoms with Gasteiger partial charge in [-0.15, -0.1) is 10.2 Å². The van der Waals surface area contributed by atoms with Gasteiger partial charge in [0.25, 0.3) is 5.91 Å². The van der Waals surface area contributed by atoms with Crippen molar-refractivity contribution in [2.45, 2.75) is 13.1 Å². The summed E-state index contributed by atoms with van der Waals surface area (Å²) < 4.78 is 1.99. The quantitative estimate of drug-likeness (QED) is 0.817. The van der Waals surface area contributed by atoms with E-state index in [9.17, 15) is 4.79 Å². The fourth-order valence-corrected chi connectivity index (χ4v) is 2.32. The van der Waals surface area contributed by atoms with Crippen LogP contribution < -0.4 is 4.90 Å². The van der Waals surface area contributed by atoms with Crippen LogP contribution in [-0.4, -0.2) is 46.2 Å². The van der Waals surface area contributed by atoms with Gasteiger partial charge < -0.3 is 14.4 Å². The lowest BCUT2D eigenvalue weighted by atomic mass is 10.1. The highest BCUT2D eigenvalue weighted by Gasteiger charge is 2.22. The SMILES string of the molecule is CN(C)c1ccc(C(=O)N2CCn3cnnc3C2)cc1. The van der Waals surface area contributed by atoms with Crippen LogP contribution >= 0.6 is 0 Å². The number of rotatable bonds is 2. The van der Waals surface area contributed by atoms with Crippen molar-refractivity contribution >= 4 is 11.6 Å². The lowest BCUT2D eigenvalue weighted by Gasteiger charge is -2.27. The average Bonchev–Trinajstić information content (AvgIpc) is 2.94. The third kappa shape index (κ3) is 2.24. The van der Waals surface area contributed by atoms with Gasteiger partial charge in [-0.3, -0.25) is 4.79 Å². The monoisotopic (exact) mass is 271 g/mol. The molecule has 0 spiro atoms. The highest BCUT2D eigenvalue weighted by atomic mass is 16.2. The van der Waals surface area contributed by atoms with Crippen LogP contribution in [0.4, 0.5) is 5.69 Å². The number of hydrogen-bond donors (Lipinski definition) is 0. The topological polar surface area (TPSA) is 54.3 Å². The fourth-order valence-electron chi connectivity index (χ4n) is 2.32. The van der Waals surface area contributed by atoms with Gasteiger partial charge in [-0.2, -0.15) is 0 Å². The van der Waals surface area contributed by atoms with E-state index in [-0.39, 0.29) is 5.91 Å². The molecule has 6 heteroatoms. The van der Waals surface area contributed by atoms with Gasteiger partial charge in [0.05, 0.1) is 6.54 Å². The molecule has 1 aliphatic heterocycles. The molecule has 1 amide bonds. The minimum absolute atomic E-state index is 0.0459. The molecule has 0 N–H and O–H groups in total. The van der Waals surface area contributed by atoms with Gasteiger partial charge in [-0.25, -0.2) is 0 Å². The highest BCUT2D eigenvalue weighted by molar-refractivity contribution is 5.94. The summed E-state index contributed by atoms with van der Waals surface area (Å²) in [5, 5.41) is 7.90. The van der Waals surface area contributed by atoms with Crippen LogP contribution in [0.25, 0.3) is 0 Å². The number of amides is 1. The minimum atomic E-state index is 0.0459. The van der Waals surface area contributed by atoms with Gasteiger partial charge in [0.1, 0.15) is 6.33 Å². The second-order valence-corrected chi connectivity index (χ2v) is 5.11. The Morgan fingerprint density at radius 3 is 2.65 bits per heavy atom. The summed E-state index contributed by atoms with van der Waals surface area (Å²) in [4.78, 5) is 16.3. The molecule has 0 aliphatic carbocycles. The van der Waals surface area contributed by atoms with Crippen molar-refractivity contribution in [1.29, 1.82) is 0 Å². The van der Waals surface area contributed by atoms with Gasteiger partial charge in [0.2, 0.25) is 0 Å². The fraction of sp³-hybridized carbons (Fsp3) is 0.357. The molecule has 1 aromatic heterocycles. The largest absolute Gasteiger partial charge is 0.378 e. The Balaban J connectivity index is 1.76. The zero-order valence-corrected chi connectivity index (χ0v) is 11.7. The van der Waals surface area contributed by atoms with Crippen molar-refractivity contribution in [3.05, 3.63) is 42.0 Å². The van der Waals surface area contributed by atoms with Crippen LogP contribution in [0.2, 0.25) is 0 Å². The molecule has 3 rings (SSSR count). The number of fused-ring (bicyclic) bond motifs is 1. The number of aromatic nitrogens is 3. The van der Waals surface area contributed by atoms with Crippen molar-refractivity contribution < 1.29 is 4.79 Å². The molecule has 0 saturated carbocycles. The van der Waals surface area contributed by atoms with E-state index in [1.54, 1.807) is 6.33 Å². The summed E-state index contributed by atoms with van der Waals surface area (Å²) in [6, 6.07) is 7.66. The molecule has 6 nitrogen and oxygen atoms in total. The van der Waals surface area contributed by atoms with Crippen molar-refractivity contribution in [2.75, 3.05) is 25.5 Å². The first-order valence-corrected chi connectivity index (χ1v) is 6.58. The Morgan fingerprint density at radius 2 is 1.95 bits per heavy atom. The first-order valence-electron chi connectivity index (χ1n) is 6.58. The minimum Gasteiger partial charge on any atom is -0.378 e. The second kappa shape index (κ2) is 4.96. The summed E-state index contributed by atoms with van der Waals surface area (Å²) in [6.45, 7) is 1.97. The summed E-state index contributed by atoms with van der Waals surface area (Å²) in [7, 11) is 3.96. The number of carbonyl (C=O) groups excluding carboxylic acids is 1. The zero-order valence-electron chi connectivity index (χ0n) is 11.7. The molecule has 0 fully saturated rings. The summed E-state index contributed by atoms with van der Waals surface area (Å²) in [6.07, 6.45) is 1.71. The number of carbonyl (C=O) groups is 1. The maximum atomic E-state index is 12.5. The molecule has 0 radical (unpaired) electrons. The molecule has 0 atom stereocenters. The lowest BCUT2D eigenvalue weighted by molar-refractivity contribution is 0.0707. The van der Waals surface area contributed by atoms with Crippen LogP contribution in [0.3, 0.4) is 0 Å². The Labute approximate surface area is 117 Å². The predicted octanol–water partition coefficient (Wildman–Crippen LogP) is 1.00.